The van der Waals surface area contributed by atoms with Gasteiger partial charge in [-0.3, -0.25) is 9.78 Å². The quantitative estimate of drug-likeness (QED) is 0.627. The molecule has 1 aromatic heterocycles. The van der Waals surface area contributed by atoms with Gasteiger partial charge in [-0.05, 0) is 60.7 Å². The van der Waals surface area contributed by atoms with Crippen LogP contribution in [-0.2, 0) is 4.79 Å². The Balaban J connectivity index is 1.63. The summed E-state index contributed by atoms with van der Waals surface area (Å²) in [5, 5.41) is 4.76. The van der Waals surface area contributed by atoms with E-state index in [0.717, 1.165) is 58.3 Å². The van der Waals surface area contributed by atoms with Gasteiger partial charge in [-0.15, -0.1) is 0 Å². The van der Waals surface area contributed by atoms with Crippen LogP contribution in [0.15, 0.2) is 60.3 Å². The van der Waals surface area contributed by atoms with Gasteiger partial charge in [-0.1, -0.05) is 25.1 Å². The van der Waals surface area contributed by atoms with E-state index in [1.165, 1.54) is 5.57 Å². The van der Waals surface area contributed by atoms with Crippen LogP contribution in [0.5, 0.6) is 5.75 Å². The summed E-state index contributed by atoms with van der Waals surface area (Å²) in [5.41, 5.74) is 6.39. The van der Waals surface area contributed by atoms with Crippen molar-refractivity contribution >= 4 is 27.9 Å². The predicted molar refractivity (Wildman–Crippen MR) is 116 cm³/mol. The Hall–Kier alpha value is -3.14. The fourth-order valence-electron chi connectivity index (χ4n) is 4.51. The molecule has 0 bridgehead atoms. The first-order valence-electron chi connectivity index (χ1n) is 10.4. The zero-order chi connectivity index (χ0) is 19.8. The minimum absolute atomic E-state index is 0.125. The van der Waals surface area contributed by atoms with Gasteiger partial charge in [0.1, 0.15) is 5.75 Å². The highest BCUT2D eigenvalue weighted by Gasteiger charge is 2.34. The van der Waals surface area contributed by atoms with Crippen molar-refractivity contribution in [2.24, 2.45) is 0 Å². The second-order valence-corrected chi connectivity index (χ2v) is 7.72. The van der Waals surface area contributed by atoms with Gasteiger partial charge >= 0.3 is 0 Å². The Morgan fingerprint density at radius 3 is 2.79 bits per heavy atom. The molecule has 0 spiro atoms. The second-order valence-electron chi connectivity index (χ2n) is 7.72. The third kappa shape index (κ3) is 3.09. The Morgan fingerprint density at radius 2 is 1.97 bits per heavy atom. The average molecular weight is 384 g/mol. The van der Waals surface area contributed by atoms with E-state index in [9.17, 15) is 4.79 Å². The van der Waals surface area contributed by atoms with E-state index < -0.39 is 0 Å². The van der Waals surface area contributed by atoms with E-state index in [0.29, 0.717) is 13.0 Å². The number of pyridine rings is 1. The monoisotopic (exact) mass is 384 g/mol. The number of carbonyl (C=O) groups excluding carboxylic acids is 1. The molecule has 1 N–H and O–H groups in total. The summed E-state index contributed by atoms with van der Waals surface area (Å²) >= 11 is 0. The second kappa shape index (κ2) is 7.36. The van der Waals surface area contributed by atoms with Crippen molar-refractivity contribution in [3.8, 4) is 5.75 Å². The number of hydrogen-bond donors (Lipinski definition) is 1. The first-order chi connectivity index (χ1) is 14.3. The predicted octanol–water partition coefficient (Wildman–Crippen LogP) is 5.70. The topological polar surface area (TPSA) is 51.2 Å². The summed E-state index contributed by atoms with van der Waals surface area (Å²) in [6.07, 6.45) is 5.25. The number of aromatic nitrogens is 1. The lowest BCUT2D eigenvalue weighted by molar-refractivity contribution is -0.116. The number of benzene rings is 2. The van der Waals surface area contributed by atoms with Crippen LogP contribution < -0.4 is 10.1 Å². The molecule has 3 aromatic rings. The molecule has 4 nitrogen and oxygen atoms in total. The van der Waals surface area contributed by atoms with Crippen LogP contribution in [0.2, 0.25) is 0 Å². The number of Topliss-reactive ketones (excluding diaryl/α,β-unsaturated/α-hetero) is 1. The summed E-state index contributed by atoms with van der Waals surface area (Å²) < 4.78 is 5.72. The van der Waals surface area contributed by atoms with Gasteiger partial charge in [-0.25, -0.2) is 0 Å². The fraction of sp³-hybridized carbons (Fsp3) is 0.280. The molecule has 4 heteroatoms. The van der Waals surface area contributed by atoms with Gasteiger partial charge in [-0.2, -0.15) is 0 Å². The SMILES string of the molecule is CCCOc1ccc(C2Nc3ccc4ncccc4c3C3=C2C(=O)CCC3)cc1. The maximum absolute atomic E-state index is 13.0. The summed E-state index contributed by atoms with van der Waals surface area (Å²) in [5.74, 6) is 1.12. The van der Waals surface area contributed by atoms with Gasteiger partial charge in [0, 0.05) is 34.8 Å². The van der Waals surface area contributed by atoms with Crippen LogP contribution in [0.3, 0.4) is 0 Å². The van der Waals surface area contributed by atoms with Gasteiger partial charge in [0.2, 0.25) is 0 Å². The van der Waals surface area contributed by atoms with E-state index in [4.69, 9.17) is 4.74 Å². The number of fused-ring (bicyclic) bond motifs is 4. The van der Waals surface area contributed by atoms with Crippen molar-refractivity contribution in [3.05, 3.63) is 71.4 Å². The molecule has 2 heterocycles. The van der Waals surface area contributed by atoms with Gasteiger partial charge in [0.25, 0.3) is 0 Å². The molecule has 0 fully saturated rings. The van der Waals surface area contributed by atoms with E-state index in [-0.39, 0.29) is 11.8 Å². The van der Waals surface area contributed by atoms with Crippen molar-refractivity contribution in [1.82, 2.24) is 4.98 Å². The van der Waals surface area contributed by atoms with Crippen molar-refractivity contribution in [3.63, 3.8) is 0 Å². The number of allylic oxidation sites excluding steroid dienone is 1. The van der Waals surface area contributed by atoms with E-state index in [1.54, 1.807) is 0 Å². The number of nitrogens with one attached hydrogen (secondary N) is 1. The van der Waals surface area contributed by atoms with Gasteiger partial charge < -0.3 is 10.1 Å². The molecule has 146 valence electrons. The van der Waals surface area contributed by atoms with E-state index in [2.05, 4.69) is 47.6 Å². The summed E-state index contributed by atoms with van der Waals surface area (Å²) in [4.78, 5) is 17.5. The number of rotatable bonds is 4. The first-order valence-corrected chi connectivity index (χ1v) is 10.4. The third-order valence-electron chi connectivity index (χ3n) is 5.82. The lowest BCUT2D eigenvalue weighted by Crippen LogP contribution is -2.27. The first kappa shape index (κ1) is 17.9. The maximum Gasteiger partial charge on any atom is 0.161 e. The third-order valence-corrected chi connectivity index (χ3v) is 5.82. The molecule has 0 saturated carbocycles. The number of ether oxygens (including phenoxy) is 1. The summed E-state index contributed by atoms with van der Waals surface area (Å²) in [6.45, 7) is 2.81. The molecule has 0 amide bonds. The number of anilines is 1. The highest BCUT2D eigenvalue weighted by molar-refractivity contribution is 6.12. The smallest absolute Gasteiger partial charge is 0.161 e. The molecule has 2 aromatic carbocycles. The molecule has 1 atom stereocenters. The summed E-state index contributed by atoms with van der Waals surface area (Å²) in [7, 11) is 0. The number of carbonyl (C=O) groups is 1. The standard InChI is InChI=1S/C25H24N2O2/c1-2-15-29-17-10-8-16(9-11-17)25-24-19(5-3-7-22(24)28)23-18-6-4-14-26-20(18)12-13-21(23)27-25/h4,6,8-14,25,27H,2-3,5,7,15H2,1H3. The molecule has 1 unspecified atom stereocenters. The highest BCUT2D eigenvalue weighted by atomic mass is 16.5. The molecule has 0 radical (unpaired) electrons. The van der Waals surface area contributed by atoms with Gasteiger partial charge in [0.05, 0.1) is 18.2 Å². The molecular weight excluding hydrogens is 360 g/mol. The van der Waals surface area contributed by atoms with Crippen molar-refractivity contribution in [1.29, 1.82) is 0 Å². The van der Waals surface area contributed by atoms with Crippen LogP contribution in [0.4, 0.5) is 5.69 Å². The van der Waals surface area contributed by atoms with Crippen molar-refractivity contribution in [2.75, 3.05) is 11.9 Å². The highest BCUT2D eigenvalue weighted by Crippen LogP contribution is 2.47. The molecule has 1 aliphatic heterocycles. The maximum atomic E-state index is 13.0. The Morgan fingerprint density at radius 1 is 1.10 bits per heavy atom. The molecule has 0 saturated heterocycles. The summed E-state index contributed by atoms with van der Waals surface area (Å²) in [6, 6.07) is 16.2. The van der Waals surface area contributed by atoms with E-state index in [1.807, 2.05) is 24.4 Å². The number of nitrogens with zero attached hydrogens (tertiary/aromatic N) is 1. The Labute approximate surface area is 170 Å². The van der Waals surface area contributed by atoms with Crippen LogP contribution in [-0.4, -0.2) is 17.4 Å². The zero-order valence-corrected chi connectivity index (χ0v) is 16.6. The largest absolute Gasteiger partial charge is 0.494 e. The van der Waals surface area contributed by atoms with Crippen LogP contribution in [0.25, 0.3) is 16.5 Å². The number of ketones is 1. The fourth-order valence-corrected chi connectivity index (χ4v) is 4.51. The van der Waals surface area contributed by atoms with Crippen LogP contribution >= 0.6 is 0 Å². The van der Waals surface area contributed by atoms with E-state index >= 15 is 0 Å². The lowest BCUT2D eigenvalue weighted by atomic mass is 9.77. The van der Waals surface area contributed by atoms with Crippen LogP contribution in [0.1, 0.15) is 49.8 Å². The molecular formula is C25H24N2O2. The Bertz CT molecular complexity index is 1120. The Kier molecular flexibility index (Phi) is 4.55. The number of hydrogen-bond acceptors (Lipinski definition) is 4. The minimum atomic E-state index is -0.125. The average Bonchev–Trinajstić information content (AvgIpc) is 2.77. The molecule has 29 heavy (non-hydrogen) atoms. The zero-order valence-electron chi connectivity index (χ0n) is 16.6. The van der Waals surface area contributed by atoms with Crippen LogP contribution in [0, 0.1) is 0 Å². The normalized spacial score (nSPS) is 18.2. The van der Waals surface area contributed by atoms with Crippen molar-refractivity contribution in [2.45, 2.75) is 38.6 Å². The minimum Gasteiger partial charge on any atom is -0.494 e. The molecule has 5 rings (SSSR count). The molecule has 2 aliphatic rings. The van der Waals surface area contributed by atoms with Crippen molar-refractivity contribution < 1.29 is 9.53 Å². The molecule has 1 aliphatic carbocycles. The van der Waals surface area contributed by atoms with Gasteiger partial charge in [0.15, 0.2) is 5.78 Å². The lowest BCUT2D eigenvalue weighted by Gasteiger charge is -2.35.